The molecule has 5 heteroatoms. The van der Waals surface area contributed by atoms with Crippen LogP contribution >= 0.6 is 23.5 Å². The van der Waals surface area contributed by atoms with Crippen molar-refractivity contribution < 1.29 is 0 Å². The van der Waals surface area contributed by atoms with Gasteiger partial charge in [0.2, 0.25) is 0 Å². The van der Waals surface area contributed by atoms with Crippen molar-refractivity contribution in [3.05, 3.63) is 18.0 Å². The zero-order valence-electron chi connectivity index (χ0n) is 9.80. The molecule has 1 aromatic rings. The standard InChI is InChI=1S/C11H19N3S2/c1-8-11(16-4-3-15-8)10(12)5-9-6-13-14(2)7-9/h6-8,10-11H,3-5,12H2,1-2H3. The molecule has 0 aromatic carbocycles. The van der Waals surface area contributed by atoms with E-state index in [1.807, 2.05) is 41.5 Å². The minimum atomic E-state index is 0.247. The van der Waals surface area contributed by atoms with E-state index in [4.69, 9.17) is 5.73 Å². The average Bonchev–Trinajstić information content (AvgIpc) is 2.64. The smallest absolute Gasteiger partial charge is 0.0522 e. The van der Waals surface area contributed by atoms with E-state index < -0.39 is 0 Å². The Hall–Kier alpha value is -0.130. The van der Waals surface area contributed by atoms with Crippen LogP contribution in [0.4, 0.5) is 0 Å². The third-order valence-electron chi connectivity index (χ3n) is 2.89. The zero-order chi connectivity index (χ0) is 11.5. The van der Waals surface area contributed by atoms with Gasteiger partial charge in [-0.2, -0.15) is 28.6 Å². The van der Waals surface area contributed by atoms with Gasteiger partial charge >= 0.3 is 0 Å². The van der Waals surface area contributed by atoms with Gasteiger partial charge in [0.25, 0.3) is 0 Å². The Morgan fingerprint density at radius 3 is 2.94 bits per heavy atom. The van der Waals surface area contributed by atoms with Crippen LogP contribution in [0.1, 0.15) is 12.5 Å². The molecule has 1 aliphatic rings. The average molecular weight is 257 g/mol. The molecule has 3 nitrogen and oxygen atoms in total. The lowest BCUT2D eigenvalue weighted by molar-refractivity contribution is 0.621. The molecule has 2 N–H and O–H groups in total. The van der Waals surface area contributed by atoms with Crippen LogP contribution in [0, 0.1) is 0 Å². The number of aryl methyl sites for hydroxylation is 1. The highest BCUT2D eigenvalue weighted by molar-refractivity contribution is 8.07. The van der Waals surface area contributed by atoms with Gasteiger partial charge in [-0.25, -0.2) is 0 Å². The first-order chi connectivity index (χ1) is 7.66. The second kappa shape index (κ2) is 5.47. The lowest BCUT2D eigenvalue weighted by atomic mass is 10.1. The van der Waals surface area contributed by atoms with E-state index in [2.05, 4.69) is 18.2 Å². The van der Waals surface area contributed by atoms with Crippen LogP contribution in [0.3, 0.4) is 0 Å². The largest absolute Gasteiger partial charge is 0.326 e. The molecule has 1 aliphatic heterocycles. The maximum Gasteiger partial charge on any atom is 0.0522 e. The molecule has 1 saturated heterocycles. The maximum atomic E-state index is 6.31. The van der Waals surface area contributed by atoms with Crippen LogP contribution in [0.2, 0.25) is 0 Å². The third kappa shape index (κ3) is 2.96. The number of rotatable bonds is 3. The SMILES string of the molecule is CC1SCCSC1C(N)Cc1cnn(C)c1. The Morgan fingerprint density at radius 1 is 1.56 bits per heavy atom. The Morgan fingerprint density at radius 2 is 2.31 bits per heavy atom. The van der Waals surface area contributed by atoms with E-state index in [1.165, 1.54) is 17.1 Å². The summed E-state index contributed by atoms with van der Waals surface area (Å²) < 4.78 is 1.84. The molecule has 90 valence electrons. The molecule has 0 saturated carbocycles. The van der Waals surface area contributed by atoms with Gasteiger partial charge in [-0.1, -0.05) is 6.92 Å². The Bertz CT molecular complexity index is 340. The van der Waals surface area contributed by atoms with Gasteiger partial charge in [-0.3, -0.25) is 4.68 Å². The van der Waals surface area contributed by atoms with E-state index in [9.17, 15) is 0 Å². The monoisotopic (exact) mass is 257 g/mol. The Labute approximate surface area is 106 Å². The molecule has 1 aromatic heterocycles. The van der Waals surface area contributed by atoms with Gasteiger partial charge in [0, 0.05) is 41.3 Å². The molecular formula is C11H19N3S2. The summed E-state index contributed by atoms with van der Waals surface area (Å²) in [6.45, 7) is 2.30. The fraction of sp³-hybridized carbons (Fsp3) is 0.727. The normalized spacial score (nSPS) is 27.9. The first kappa shape index (κ1) is 12.3. The van der Waals surface area contributed by atoms with Gasteiger partial charge < -0.3 is 5.73 Å². The summed E-state index contributed by atoms with van der Waals surface area (Å²) in [5, 5.41) is 5.44. The molecule has 2 heterocycles. The Balaban J connectivity index is 1.93. The number of hydrogen-bond donors (Lipinski definition) is 1. The van der Waals surface area contributed by atoms with E-state index in [0.717, 1.165) is 6.42 Å². The molecule has 0 spiro atoms. The summed E-state index contributed by atoms with van der Waals surface area (Å²) in [7, 11) is 1.95. The van der Waals surface area contributed by atoms with E-state index >= 15 is 0 Å². The van der Waals surface area contributed by atoms with E-state index in [-0.39, 0.29) is 6.04 Å². The van der Waals surface area contributed by atoms with Gasteiger partial charge in [-0.05, 0) is 12.0 Å². The third-order valence-corrected chi connectivity index (χ3v) is 6.16. The van der Waals surface area contributed by atoms with Crippen LogP contribution in [0.15, 0.2) is 12.4 Å². The fourth-order valence-corrected chi connectivity index (χ4v) is 4.98. The topological polar surface area (TPSA) is 43.8 Å². The predicted octanol–water partition coefficient (Wildman–Crippen LogP) is 1.53. The van der Waals surface area contributed by atoms with Crippen molar-refractivity contribution in [3.63, 3.8) is 0 Å². The predicted molar refractivity (Wildman–Crippen MR) is 73.1 cm³/mol. The molecule has 1 fully saturated rings. The van der Waals surface area contributed by atoms with Gasteiger partial charge in [0.05, 0.1) is 6.20 Å². The van der Waals surface area contributed by atoms with Crippen LogP contribution in [-0.2, 0) is 13.5 Å². The highest BCUT2D eigenvalue weighted by atomic mass is 32.2. The lowest BCUT2D eigenvalue weighted by Gasteiger charge is -2.32. The highest BCUT2D eigenvalue weighted by Crippen LogP contribution is 2.33. The number of aromatic nitrogens is 2. The van der Waals surface area contributed by atoms with Crippen molar-refractivity contribution in [2.24, 2.45) is 12.8 Å². The molecule has 0 amide bonds. The van der Waals surface area contributed by atoms with Crippen LogP contribution in [0.5, 0.6) is 0 Å². The number of hydrogen-bond acceptors (Lipinski definition) is 4. The summed E-state index contributed by atoms with van der Waals surface area (Å²) in [5.74, 6) is 2.50. The number of nitrogens with two attached hydrogens (primary N) is 1. The van der Waals surface area contributed by atoms with Crippen molar-refractivity contribution in [1.82, 2.24) is 9.78 Å². The molecule has 0 bridgehead atoms. The van der Waals surface area contributed by atoms with Crippen molar-refractivity contribution in [2.45, 2.75) is 29.9 Å². The molecule has 0 aliphatic carbocycles. The number of nitrogens with zero attached hydrogens (tertiary/aromatic N) is 2. The minimum absolute atomic E-state index is 0.247. The van der Waals surface area contributed by atoms with Gasteiger partial charge in [0.1, 0.15) is 0 Å². The number of thioether (sulfide) groups is 2. The summed E-state index contributed by atoms with van der Waals surface area (Å²) in [4.78, 5) is 0. The first-order valence-electron chi connectivity index (χ1n) is 5.63. The summed E-state index contributed by atoms with van der Waals surface area (Å²) >= 11 is 4.08. The second-order valence-corrected chi connectivity index (χ2v) is 7.07. The fourth-order valence-electron chi connectivity index (χ4n) is 2.09. The van der Waals surface area contributed by atoms with Crippen molar-refractivity contribution in [1.29, 1.82) is 0 Å². The first-order valence-corrected chi connectivity index (χ1v) is 7.73. The summed E-state index contributed by atoms with van der Waals surface area (Å²) in [6.07, 6.45) is 4.92. The van der Waals surface area contributed by atoms with E-state index in [0.29, 0.717) is 10.5 Å². The molecular weight excluding hydrogens is 238 g/mol. The van der Waals surface area contributed by atoms with E-state index in [1.54, 1.807) is 0 Å². The molecule has 3 atom stereocenters. The summed E-state index contributed by atoms with van der Waals surface area (Å²) in [6, 6.07) is 0.247. The van der Waals surface area contributed by atoms with Gasteiger partial charge in [0.15, 0.2) is 0 Å². The Kier molecular flexibility index (Phi) is 4.21. The van der Waals surface area contributed by atoms with Crippen molar-refractivity contribution >= 4 is 23.5 Å². The van der Waals surface area contributed by atoms with Gasteiger partial charge in [-0.15, -0.1) is 0 Å². The van der Waals surface area contributed by atoms with Crippen molar-refractivity contribution in [2.75, 3.05) is 11.5 Å². The molecule has 16 heavy (non-hydrogen) atoms. The van der Waals surface area contributed by atoms with Crippen LogP contribution in [-0.4, -0.2) is 37.8 Å². The lowest BCUT2D eigenvalue weighted by Crippen LogP contribution is -2.42. The maximum absolute atomic E-state index is 6.31. The van der Waals surface area contributed by atoms with Crippen LogP contribution < -0.4 is 5.73 Å². The quantitative estimate of drug-likeness (QED) is 0.892. The van der Waals surface area contributed by atoms with Crippen molar-refractivity contribution in [3.8, 4) is 0 Å². The summed E-state index contributed by atoms with van der Waals surface area (Å²) in [5.41, 5.74) is 7.56. The molecule has 2 rings (SSSR count). The van der Waals surface area contributed by atoms with Crippen LogP contribution in [0.25, 0.3) is 0 Å². The minimum Gasteiger partial charge on any atom is -0.326 e. The molecule has 3 unspecified atom stereocenters. The zero-order valence-corrected chi connectivity index (χ0v) is 11.4. The highest BCUT2D eigenvalue weighted by Gasteiger charge is 2.28. The molecule has 0 radical (unpaired) electrons. The second-order valence-electron chi connectivity index (χ2n) is 4.30.